The van der Waals surface area contributed by atoms with Crippen LogP contribution in [-0.4, -0.2) is 17.6 Å². The second-order valence-corrected chi connectivity index (χ2v) is 4.06. The molecule has 1 amide bonds. The summed E-state index contributed by atoms with van der Waals surface area (Å²) in [5.74, 6) is -0.244. The molecule has 1 unspecified atom stereocenters. The summed E-state index contributed by atoms with van der Waals surface area (Å²) in [6.07, 6.45) is 5.34. The number of amides is 1. The molecule has 0 aliphatic carbocycles. The van der Waals surface area contributed by atoms with Gasteiger partial charge in [-0.05, 0) is 17.7 Å². The maximum atomic E-state index is 11.6. The zero-order chi connectivity index (χ0) is 13.5. The Hall–Kier alpha value is -2.33. The van der Waals surface area contributed by atoms with Crippen LogP contribution < -0.4 is 5.32 Å². The van der Waals surface area contributed by atoms with Gasteiger partial charge in [-0.3, -0.25) is 4.79 Å². The van der Waals surface area contributed by atoms with E-state index in [9.17, 15) is 9.90 Å². The lowest BCUT2D eigenvalue weighted by atomic mass is 10.2. The van der Waals surface area contributed by atoms with Crippen LogP contribution in [0.3, 0.4) is 0 Å². The van der Waals surface area contributed by atoms with E-state index in [1.54, 1.807) is 12.1 Å². The molecule has 1 aromatic heterocycles. The Morgan fingerprint density at radius 3 is 2.79 bits per heavy atom. The lowest BCUT2D eigenvalue weighted by Crippen LogP contribution is -2.26. The molecule has 0 aliphatic heterocycles. The van der Waals surface area contributed by atoms with Gasteiger partial charge >= 0.3 is 0 Å². The highest BCUT2D eigenvalue weighted by Gasteiger charge is 2.09. The third kappa shape index (κ3) is 4.12. The molecule has 2 aromatic rings. The second kappa shape index (κ2) is 6.56. The van der Waals surface area contributed by atoms with Gasteiger partial charge < -0.3 is 14.8 Å². The highest BCUT2D eigenvalue weighted by atomic mass is 16.3. The van der Waals surface area contributed by atoms with Crippen LogP contribution in [0.4, 0.5) is 0 Å². The number of nitrogens with one attached hydrogen (secondary N) is 1. The lowest BCUT2D eigenvalue weighted by Gasteiger charge is -2.08. The molecule has 2 N–H and O–H groups in total. The average Bonchev–Trinajstić information content (AvgIpc) is 2.98. The molecule has 0 radical (unpaired) electrons. The molecule has 19 heavy (non-hydrogen) atoms. The number of aliphatic hydroxyl groups is 1. The summed E-state index contributed by atoms with van der Waals surface area (Å²) >= 11 is 0. The van der Waals surface area contributed by atoms with Gasteiger partial charge in [0.1, 0.15) is 0 Å². The number of carbonyl (C=O) groups excluding carboxylic acids is 1. The third-order valence-corrected chi connectivity index (χ3v) is 2.62. The molecule has 1 heterocycles. The van der Waals surface area contributed by atoms with Crippen LogP contribution in [0.1, 0.15) is 17.2 Å². The minimum absolute atomic E-state index is 0.150. The molecule has 0 spiro atoms. The quantitative estimate of drug-likeness (QED) is 0.807. The van der Waals surface area contributed by atoms with Crippen molar-refractivity contribution in [2.75, 3.05) is 6.54 Å². The largest absolute Gasteiger partial charge is 0.472 e. The number of carbonyl (C=O) groups is 1. The summed E-state index contributed by atoms with van der Waals surface area (Å²) in [7, 11) is 0. The molecule has 0 aliphatic rings. The van der Waals surface area contributed by atoms with Crippen LogP contribution in [0.15, 0.2) is 59.4 Å². The Kier molecular flexibility index (Phi) is 4.53. The Balaban J connectivity index is 1.80. The first-order chi connectivity index (χ1) is 9.25. The molecule has 4 nitrogen and oxygen atoms in total. The maximum absolute atomic E-state index is 11.6. The van der Waals surface area contributed by atoms with Crippen molar-refractivity contribution in [2.24, 2.45) is 0 Å². The first-order valence-corrected chi connectivity index (χ1v) is 5.97. The fourth-order valence-corrected chi connectivity index (χ4v) is 1.57. The number of furan rings is 1. The Morgan fingerprint density at radius 2 is 2.11 bits per heavy atom. The highest BCUT2D eigenvalue weighted by Crippen LogP contribution is 2.11. The molecular weight excluding hydrogens is 242 g/mol. The lowest BCUT2D eigenvalue weighted by molar-refractivity contribution is -0.116. The van der Waals surface area contributed by atoms with Gasteiger partial charge in [0.15, 0.2) is 0 Å². The molecule has 2 rings (SSSR count). The molecule has 1 atom stereocenters. The van der Waals surface area contributed by atoms with E-state index in [-0.39, 0.29) is 12.5 Å². The van der Waals surface area contributed by atoms with E-state index in [4.69, 9.17) is 4.42 Å². The highest BCUT2D eigenvalue weighted by molar-refractivity contribution is 5.91. The van der Waals surface area contributed by atoms with E-state index in [1.165, 1.54) is 18.6 Å². The van der Waals surface area contributed by atoms with Crippen molar-refractivity contribution in [3.63, 3.8) is 0 Å². The van der Waals surface area contributed by atoms with Gasteiger partial charge in [0.05, 0.1) is 18.6 Å². The summed E-state index contributed by atoms with van der Waals surface area (Å²) in [4.78, 5) is 11.6. The van der Waals surface area contributed by atoms with Gasteiger partial charge in [0.2, 0.25) is 5.91 Å². The number of aliphatic hydroxyl groups excluding tert-OH is 1. The summed E-state index contributed by atoms with van der Waals surface area (Å²) < 4.78 is 4.86. The standard InChI is InChI=1S/C15H15NO3/c17-14(13-8-9-19-11-13)10-16-15(18)7-6-12-4-2-1-3-5-12/h1-9,11,14,17H,10H2,(H,16,18). The van der Waals surface area contributed by atoms with E-state index in [1.807, 2.05) is 30.3 Å². The van der Waals surface area contributed by atoms with Crippen molar-refractivity contribution >= 4 is 12.0 Å². The van der Waals surface area contributed by atoms with Gasteiger partial charge in [0.25, 0.3) is 0 Å². The number of rotatable bonds is 5. The molecule has 0 bridgehead atoms. The van der Waals surface area contributed by atoms with E-state index in [0.717, 1.165) is 5.56 Å². The summed E-state index contributed by atoms with van der Waals surface area (Å²) in [5.41, 5.74) is 1.60. The molecular formula is C15H15NO3. The normalized spacial score (nSPS) is 12.5. The molecule has 1 aromatic carbocycles. The van der Waals surface area contributed by atoms with Gasteiger partial charge in [-0.1, -0.05) is 30.3 Å². The van der Waals surface area contributed by atoms with Gasteiger partial charge in [-0.15, -0.1) is 0 Å². The monoisotopic (exact) mass is 257 g/mol. The van der Waals surface area contributed by atoms with Crippen molar-refractivity contribution in [1.82, 2.24) is 5.32 Å². The molecule has 98 valence electrons. The van der Waals surface area contributed by atoms with Crippen LogP contribution in [0.5, 0.6) is 0 Å². The van der Waals surface area contributed by atoms with Crippen molar-refractivity contribution in [3.05, 3.63) is 66.1 Å². The Labute approximate surface area is 111 Å². The number of benzene rings is 1. The fraction of sp³-hybridized carbons (Fsp3) is 0.133. The SMILES string of the molecule is O=C(C=Cc1ccccc1)NCC(O)c1ccoc1. The van der Waals surface area contributed by atoms with E-state index < -0.39 is 6.10 Å². The van der Waals surface area contributed by atoms with Gasteiger partial charge in [-0.25, -0.2) is 0 Å². The fourth-order valence-electron chi connectivity index (χ4n) is 1.57. The summed E-state index contributed by atoms with van der Waals surface area (Å²) in [6.45, 7) is 0.150. The topological polar surface area (TPSA) is 62.5 Å². The van der Waals surface area contributed by atoms with Crippen molar-refractivity contribution in [1.29, 1.82) is 0 Å². The number of hydrogen-bond acceptors (Lipinski definition) is 3. The summed E-state index contributed by atoms with van der Waals surface area (Å²) in [5, 5.41) is 12.4. The van der Waals surface area contributed by atoms with Crippen molar-refractivity contribution in [3.8, 4) is 0 Å². The first-order valence-electron chi connectivity index (χ1n) is 5.97. The predicted molar refractivity (Wildman–Crippen MR) is 72.2 cm³/mol. The minimum atomic E-state index is -0.757. The molecule has 0 saturated heterocycles. The van der Waals surface area contributed by atoms with Crippen LogP contribution in [0.2, 0.25) is 0 Å². The van der Waals surface area contributed by atoms with Crippen LogP contribution in [0.25, 0.3) is 6.08 Å². The predicted octanol–water partition coefficient (Wildman–Crippen LogP) is 2.14. The third-order valence-electron chi connectivity index (χ3n) is 2.62. The van der Waals surface area contributed by atoms with Crippen molar-refractivity contribution in [2.45, 2.75) is 6.10 Å². The molecule has 0 fully saturated rings. The number of hydrogen-bond donors (Lipinski definition) is 2. The summed E-state index contributed by atoms with van der Waals surface area (Å²) in [6, 6.07) is 11.2. The average molecular weight is 257 g/mol. The van der Waals surface area contributed by atoms with Crippen LogP contribution in [0, 0.1) is 0 Å². The Morgan fingerprint density at radius 1 is 1.32 bits per heavy atom. The Bertz CT molecular complexity index is 532. The van der Waals surface area contributed by atoms with E-state index in [0.29, 0.717) is 5.56 Å². The van der Waals surface area contributed by atoms with Gasteiger partial charge in [-0.2, -0.15) is 0 Å². The van der Waals surface area contributed by atoms with E-state index in [2.05, 4.69) is 5.32 Å². The van der Waals surface area contributed by atoms with Crippen LogP contribution in [-0.2, 0) is 4.79 Å². The van der Waals surface area contributed by atoms with E-state index >= 15 is 0 Å². The molecule has 4 heteroatoms. The van der Waals surface area contributed by atoms with Gasteiger partial charge in [0, 0.05) is 18.2 Å². The smallest absolute Gasteiger partial charge is 0.244 e. The second-order valence-electron chi connectivity index (χ2n) is 4.06. The first kappa shape index (κ1) is 13.1. The minimum Gasteiger partial charge on any atom is -0.472 e. The van der Waals surface area contributed by atoms with Crippen molar-refractivity contribution < 1.29 is 14.3 Å². The maximum Gasteiger partial charge on any atom is 0.244 e. The zero-order valence-electron chi connectivity index (χ0n) is 10.3. The molecule has 0 saturated carbocycles. The van der Waals surface area contributed by atoms with Crippen LogP contribution >= 0.6 is 0 Å². The zero-order valence-corrected chi connectivity index (χ0v) is 10.3.